The normalized spacial score (nSPS) is 13.1. The van der Waals surface area contributed by atoms with Gasteiger partial charge in [0.2, 0.25) is 0 Å². The molecule has 0 radical (unpaired) electrons. The third-order valence-electron chi connectivity index (χ3n) is 7.51. The molecule has 0 aliphatic carbocycles. The highest BCUT2D eigenvalue weighted by atomic mass is 16.6. The van der Waals surface area contributed by atoms with E-state index in [1.807, 2.05) is 21.1 Å². The van der Waals surface area contributed by atoms with Crippen LogP contribution in [0.4, 0.5) is 0 Å². The fraction of sp³-hybridized carbons (Fsp3) is 0.909. The Morgan fingerprint density at radius 2 is 1.07 bits per heavy atom. The molecule has 8 nitrogen and oxygen atoms in total. The molecule has 0 aromatic heterocycles. The summed E-state index contributed by atoms with van der Waals surface area (Å²) < 4.78 is 16.9. The van der Waals surface area contributed by atoms with Crippen LogP contribution in [0.1, 0.15) is 142 Å². The van der Waals surface area contributed by atoms with Gasteiger partial charge in [0.1, 0.15) is 6.61 Å². The Labute approximate surface area is 251 Å². The minimum absolute atomic E-state index is 0.0485. The van der Waals surface area contributed by atoms with Gasteiger partial charge in [-0.05, 0) is 12.8 Å². The zero-order valence-corrected chi connectivity index (χ0v) is 27.3. The van der Waals surface area contributed by atoms with Crippen molar-refractivity contribution in [3.8, 4) is 0 Å². The molecule has 8 heteroatoms. The van der Waals surface area contributed by atoms with E-state index < -0.39 is 18.1 Å². The second kappa shape index (κ2) is 26.0. The summed E-state index contributed by atoms with van der Waals surface area (Å²) in [5, 5.41) is 9.50. The highest BCUT2D eigenvalue weighted by molar-refractivity contribution is 5.72. The standard InChI is InChI=1S/C33H63NO7/c1-6-8-10-11-12-13-14-15-16-17-18-19-20-22-24-32(36)41-29(28-40-31(35)23-21-9-7-2)27-39-26-25-30(33(37)38)34(3,4)5/h29-30H,6-28H2,1-5H3/p+1. The molecule has 0 fully saturated rings. The molecule has 0 amide bonds. The smallest absolute Gasteiger partial charge is 0.362 e. The van der Waals surface area contributed by atoms with E-state index in [1.165, 1.54) is 70.6 Å². The summed E-state index contributed by atoms with van der Waals surface area (Å²) in [5.74, 6) is -1.49. The van der Waals surface area contributed by atoms with E-state index in [0.29, 0.717) is 19.3 Å². The number of carbonyl (C=O) groups is 3. The first-order chi connectivity index (χ1) is 19.6. The van der Waals surface area contributed by atoms with E-state index in [-0.39, 0.29) is 36.2 Å². The van der Waals surface area contributed by atoms with Crippen molar-refractivity contribution in [3.05, 3.63) is 0 Å². The predicted molar refractivity (Wildman–Crippen MR) is 165 cm³/mol. The summed E-state index contributed by atoms with van der Waals surface area (Å²) in [7, 11) is 5.50. The minimum atomic E-state index is -0.877. The van der Waals surface area contributed by atoms with Crippen LogP contribution in [0.2, 0.25) is 0 Å². The number of carboxylic acids is 1. The lowest BCUT2D eigenvalue weighted by molar-refractivity contribution is -0.887. The van der Waals surface area contributed by atoms with Gasteiger partial charge in [0.25, 0.3) is 0 Å². The quantitative estimate of drug-likeness (QED) is 0.0552. The maximum atomic E-state index is 12.5. The average molecular weight is 587 g/mol. The number of aliphatic carboxylic acids is 1. The molecule has 242 valence electrons. The summed E-state index contributed by atoms with van der Waals surface area (Å²) >= 11 is 0. The Balaban J connectivity index is 4.27. The number of quaternary nitrogens is 1. The number of hydrogen-bond acceptors (Lipinski definition) is 6. The molecule has 0 aromatic rings. The van der Waals surface area contributed by atoms with E-state index in [2.05, 4.69) is 13.8 Å². The zero-order valence-electron chi connectivity index (χ0n) is 27.3. The van der Waals surface area contributed by atoms with Gasteiger partial charge in [-0.1, -0.05) is 110 Å². The van der Waals surface area contributed by atoms with Crippen LogP contribution in [0.15, 0.2) is 0 Å². The third-order valence-corrected chi connectivity index (χ3v) is 7.51. The Morgan fingerprint density at radius 3 is 1.56 bits per heavy atom. The number of ether oxygens (including phenoxy) is 3. The van der Waals surface area contributed by atoms with Crippen LogP contribution in [0.25, 0.3) is 0 Å². The first-order valence-electron chi connectivity index (χ1n) is 16.6. The van der Waals surface area contributed by atoms with Crippen molar-refractivity contribution < 1.29 is 38.2 Å². The highest BCUT2D eigenvalue weighted by Crippen LogP contribution is 2.14. The lowest BCUT2D eigenvalue weighted by Crippen LogP contribution is -2.50. The molecule has 0 saturated heterocycles. The molecule has 0 bridgehead atoms. The number of likely N-dealkylation sites (N-methyl/N-ethyl adjacent to an activating group) is 1. The number of carboxylic acid groups (broad SMARTS) is 1. The van der Waals surface area contributed by atoms with E-state index in [4.69, 9.17) is 14.2 Å². The summed E-state index contributed by atoms with van der Waals surface area (Å²) in [6.45, 7) is 4.56. The molecule has 2 atom stereocenters. The highest BCUT2D eigenvalue weighted by Gasteiger charge is 2.31. The first kappa shape index (κ1) is 39.3. The van der Waals surface area contributed by atoms with Gasteiger partial charge >= 0.3 is 17.9 Å². The van der Waals surface area contributed by atoms with Crippen LogP contribution in [0.3, 0.4) is 0 Å². The van der Waals surface area contributed by atoms with E-state index >= 15 is 0 Å². The molecule has 0 aromatic carbocycles. The van der Waals surface area contributed by atoms with Crippen LogP contribution in [0.5, 0.6) is 0 Å². The number of unbranched alkanes of at least 4 members (excludes halogenated alkanes) is 15. The van der Waals surface area contributed by atoms with Crippen molar-refractivity contribution in [2.45, 2.75) is 154 Å². The molecule has 0 aliphatic rings. The van der Waals surface area contributed by atoms with Gasteiger partial charge in [0.15, 0.2) is 12.1 Å². The first-order valence-corrected chi connectivity index (χ1v) is 16.6. The third kappa shape index (κ3) is 24.6. The Kier molecular flexibility index (Phi) is 24.9. The predicted octanol–water partition coefficient (Wildman–Crippen LogP) is 7.46. The Hall–Kier alpha value is -1.67. The fourth-order valence-corrected chi connectivity index (χ4v) is 4.85. The van der Waals surface area contributed by atoms with Crippen molar-refractivity contribution in [1.82, 2.24) is 0 Å². The van der Waals surface area contributed by atoms with Gasteiger partial charge in [-0.25, -0.2) is 4.79 Å². The van der Waals surface area contributed by atoms with Crippen LogP contribution in [0, 0.1) is 0 Å². The second-order valence-corrected chi connectivity index (χ2v) is 12.4. The molecule has 0 heterocycles. The minimum Gasteiger partial charge on any atom is -0.477 e. The lowest BCUT2D eigenvalue weighted by atomic mass is 10.0. The van der Waals surface area contributed by atoms with Crippen molar-refractivity contribution in [2.75, 3.05) is 41.0 Å². The van der Waals surface area contributed by atoms with E-state index in [0.717, 1.165) is 38.5 Å². The molecule has 0 aliphatic heterocycles. The van der Waals surface area contributed by atoms with Crippen LogP contribution in [-0.2, 0) is 28.6 Å². The number of hydrogen-bond donors (Lipinski definition) is 1. The van der Waals surface area contributed by atoms with Crippen molar-refractivity contribution >= 4 is 17.9 Å². The van der Waals surface area contributed by atoms with Crippen LogP contribution >= 0.6 is 0 Å². The fourth-order valence-electron chi connectivity index (χ4n) is 4.85. The number of rotatable bonds is 29. The average Bonchev–Trinajstić information content (AvgIpc) is 2.90. The zero-order chi connectivity index (χ0) is 30.8. The number of carbonyl (C=O) groups excluding carboxylic acids is 2. The second-order valence-electron chi connectivity index (χ2n) is 12.4. The van der Waals surface area contributed by atoms with Gasteiger partial charge in [-0.2, -0.15) is 0 Å². The summed E-state index contributed by atoms with van der Waals surface area (Å²) in [5.41, 5.74) is 0. The van der Waals surface area contributed by atoms with Crippen molar-refractivity contribution in [1.29, 1.82) is 0 Å². The lowest BCUT2D eigenvalue weighted by Gasteiger charge is -2.31. The van der Waals surface area contributed by atoms with Gasteiger partial charge in [0, 0.05) is 19.3 Å². The van der Waals surface area contributed by atoms with Crippen LogP contribution < -0.4 is 0 Å². The molecule has 0 rings (SSSR count). The largest absolute Gasteiger partial charge is 0.477 e. The molecule has 0 saturated carbocycles. The van der Waals surface area contributed by atoms with Crippen LogP contribution in [-0.4, -0.2) is 80.6 Å². The van der Waals surface area contributed by atoms with E-state index in [1.54, 1.807) is 0 Å². The summed E-state index contributed by atoms with van der Waals surface area (Å²) in [6.07, 6.45) is 20.6. The van der Waals surface area contributed by atoms with Crippen molar-refractivity contribution in [2.24, 2.45) is 0 Å². The number of nitrogens with zero attached hydrogens (tertiary/aromatic N) is 1. The topological polar surface area (TPSA) is 99.1 Å². The van der Waals surface area contributed by atoms with Gasteiger partial charge < -0.3 is 23.8 Å². The summed E-state index contributed by atoms with van der Waals surface area (Å²) in [4.78, 5) is 36.1. The molecule has 2 unspecified atom stereocenters. The molecule has 1 N–H and O–H groups in total. The Morgan fingerprint density at radius 1 is 0.634 bits per heavy atom. The maximum absolute atomic E-state index is 12.5. The van der Waals surface area contributed by atoms with Gasteiger partial charge in [-0.15, -0.1) is 0 Å². The molecule has 0 spiro atoms. The Bertz CT molecular complexity index is 662. The van der Waals surface area contributed by atoms with Crippen molar-refractivity contribution in [3.63, 3.8) is 0 Å². The van der Waals surface area contributed by atoms with E-state index in [9.17, 15) is 19.5 Å². The molecule has 41 heavy (non-hydrogen) atoms. The van der Waals surface area contributed by atoms with Gasteiger partial charge in [-0.3, -0.25) is 9.59 Å². The van der Waals surface area contributed by atoms with Gasteiger partial charge in [0.05, 0.1) is 34.4 Å². The maximum Gasteiger partial charge on any atom is 0.362 e. The molecular weight excluding hydrogens is 522 g/mol. The SMILES string of the molecule is CCCCCCCCCCCCCCCCC(=O)OC(COCCC(C(=O)O)[N+](C)(C)C)COC(=O)CCCCC. The number of esters is 2. The summed E-state index contributed by atoms with van der Waals surface area (Å²) in [6, 6.07) is -0.604. The monoisotopic (exact) mass is 586 g/mol. The molecular formula is C33H64NO7+.